The summed E-state index contributed by atoms with van der Waals surface area (Å²) < 4.78 is 7.34. The third-order valence-corrected chi connectivity index (χ3v) is 4.08. The number of carbonyl (C=O) groups excluding carboxylic acids is 1. The van der Waals surface area contributed by atoms with Crippen LogP contribution in [-0.2, 0) is 16.8 Å². The van der Waals surface area contributed by atoms with E-state index in [0.717, 1.165) is 16.7 Å². The average Bonchev–Trinajstić information content (AvgIpc) is 2.54. The molecule has 1 heterocycles. The number of ether oxygens (including phenoxy) is 1. The molecule has 0 fully saturated rings. The minimum absolute atomic E-state index is 0.321. The van der Waals surface area contributed by atoms with Crippen molar-refractivity contribution in [3.05, 3.63) is 72.1 Å². The number of benzene rings is 1. The molecule has 1 aromatic carbocycles. The van der Waals surface area contributed by atoms with Gasteiger partial charge < -0.3 is 10.1 Å². The van der Waals surface area contributed by atoms with Crippen LogP contribution in [0.1, 0.15) is 37.5 Å². The summed E-state index contributed by atoms with van der Waals surface area (Å²) in [7, 11) is 0. The van der Waals surface area contributed by atoms with Gasteiger partial charge in [-0.1, -0.05) is 30.4 Å². The quantitative estimate of drug-likeness (QED) is 0.809. The number of nitrogens with one attached hydrogen (secondary N) is 1. The van der Waals surface area contributed by atoms with Crippen LogP contribution in [0.5, 0.6) is 0 Å². The summed E-state index contributed by atoms with van der Waals surface area (Å²) in [6.07, 6.45) is 3.56. The van der Waals surface area contributed by atoms with E-state index in [1.54, 1.807) is 0 Å². The number of hydrogen-bond donors (Lipinski definition) is 1. The number of aryl methyl sites for hydroxylation is 1. The molecule has 0 aliphatic carbocycles. The van der Waals surface area contributed by atoms with Gasteiger partial charge in [0, 0.05) is 11.6 Å². The molecular formula is C21H27N2O2+. The van der Waals surface area contributed by atoms with Crippen LogP contribution in [0.15, 0.2) is 55.4 Å². The molecule has 0 saturated carbocycles. The maximum atomic E-state index is 12.1. The summed E-state index contributed by atoms with van der Waals surface area (Å²) in [6.45, 7) is 12.8. The van der Waals surface area contributed by atoms with Gasteiger partial charge in [0.2, 0.25) is 0 Å². The largest absolute Gasteiger partial charge is 0.443 e. The van der Waals surface area contributed by atoms with Crippen molar-refractivity contribution in [1.29, 1.82) is 0 Å². The normalized spacial score (nSPS) is 11.0. The number of aromatic nitrogens is 1. The summed E-state index contributed by atoms with van der Waals surface area (Å²) in [5, 5.41) is 2.94. The Morgan fingerprint density at radius 3 is 2.72 bits per heavy atom. The lowest BCUT2D eigenvalue weighted by Crippen LogP contribution is -2.43. The van der Waals surface area contributed by atoms with Crippen LogP contribution < -0.4 is 9.88 Å². The van der Waals surface area contributed by atoms with Gasteiger partial charge in [-0.25, -0.2) is 9.36 Å². The summed E-state index contributed by atoms with van der Waals surface area (Å²) in [6, 6.07) is 12.0. The molecule has 0 spiro atoms. The third-order valence-electron chi connectivity index (χ3n) is 4.08. The highest BCUT2D eigenvalue weighted by atomic mass is 16.5. The van der Waals surface area contributed by atoms with Crippen LogP contribution >= 0.6 is 0 Å². The van der Waals surface area contributed by atoms with E-state index < -0.39 is 11.6 Å². The molecular weight excluding hydrogens is 312 g/mol. The van der Waals surface area contributed by atoms with E-state index in [9.17, 15) is 4.79 Å². The molecule has 0 aliphatic heterocycles. The Morgan fingerprint density at radius 2 is 2.04 bits per heavy atom. The number of rotatable bonds is 6. The first kappa shape index (κ1) is 18.7. The van der Waals surface area contributed by atoms with Crippen molar-refractivity contribution in [2.45, 2.75) is 39.8 Å². The van der Waals surface area contributed by atoms with Crippen LogP contribution in [-0.4, -0.2) is 12.7 Å². The van der Waals surface area contributed by atoms with Crippen LogP contribution in [0, 0.1) is 6.92 Å². The summed E-state index contributed by atoms with van der Waals surface area (Å²) in [5.74, 6) is 0. The minimum atomic E-state index is -0.529. The molecule has 0 saturated heterocycles. The Morgan fingerprint density at radius 1 is 1.28 bits per heavy atom. The van der Waals surface area contributed by atoms with Crippen LogP contribution in [0.3, 0.4) is 0 Å². The topological polar surface area (TPSA) is 42.2 Å². The van der Waals surface area contributed by atoms with Gasteiger partial charge >= 0.3 is 6.09 Å². The number of pyridine rings is 1. The second-order valence-electron chi connectivity index (χ2n) is 6.87. The number of amides is 1. The predicted molar refractivity (Wildman–Crippen MR) is 100 cm³/mol. The second kappa shape index (κ2) is 7.97. The van der Waals surface area contributed by atoms with Gasteiger partial charge in [0.15, 0.2) is 25.5 Å². The highest BCUT2D eigenvalue weighted by molar-refractivity contribution is 5.69. The molecule has 0 aliphatic rings. The SMILES string of the molecule is C=C(C)c1cccc(C(C)(C)NC(=O)OCC[n+]2cccc(C)c2)c1. The smallest absolute Gasteiger partial charge is 0.408 e. The van der Waals surface area contributed by atoms with E-state index in [-0.39, 0.29) is 0 Å². The molecule has 132 valence electrons. The first-order valence-corrected chi connectivity index (χ1v) is 8.45. The minimum Gasteiger partial charge on any atom is -0.443 e. The maximum absolute atomic E-state index is 12.1. The molecule has 0 bridgehead atoms. The molecule has 2 aromatic rings. The predicted octanol–water partition coefficient (Wildman–Crippen LogP) is 3.98. The van der Waals surface area contributed by atoms with Gasteiger partial charge in [0.05, 0.1) is 5.54 Å². The summed E-state index contributed by atoms with van der Waals surface area (Å²) in [4.78, 5) is 12.1. The van der Waals surface area contributed by atoms with Gasteiger partial charge in [-0.3, -0.25) is 0 Å². The van der Waals surface area contributed by atoms with Crippen LogP contribution in [0.4, 0.5) is 4.79 Å². The van der Waals surface area contributed by atoms with Crippen molar-refractivity contribution in [3.8, 4) is 0 Å². The van der Waals surface area contributed by atoms with E-state index in [0.29, 0.717) is 13.2 Å². The van der Waals surface area contributed by atoms with Crippen LogP contribution in [0.2, 0.25) is 0 Å². The zero-order chi connectivity index (χ0) is 18.4. The molecule has 1 aromatic heterocycles. The molecule has 25 heavy (non-hydrogen) atoms. The van der Waals surface area contributed by atoms with Crippen molar-refractivity contribution >= 4 is 11.7 Å². The molecule has 1 N–H and O–H groups in total. The monoisotopic (exact) mass is 339 g/mol. The maximum Gasteiger partial charge on any atom is 0.408 e. The lowest BCUT2D eigenvalue weighted by Gasteiger charge is -2.27. The fourth-order valence-electron chi connectivity index (χ4n) is 2.57. The molecule has 2 rings (SSSR count). The molecule has 0 radical (unpaired) electrons. The number of alkyl carbamates (subject to hydrolysis) is 1. The molecule has 4 heteroatoms. The third kappa shape index (κ3) is 5.45. The average molecular weight is 339 g/mol. The van der Waals surface area contributed by atoms with Gasteiger partial charge in [-0.2, -0.15) is 0 Å². The van der Waals surface area contributed by atoms with Gasteiger partial charge in [0.25, 0.3) is 0 Å². The Kier molecular flexibility index (Phi) is 5.97. The van der Waals surface area contributed by atoms with E-state index in [1.165, 1.54) is 5.56 Å². The summed E-state index contributed by atoms with van der Waals surface area (Å²) >= 11 is 0. The Labute approximate surface area is 150 Å². The Hall–Kier alpha value is -2.62. The van der Waals surface area contributed by atoms with Crippen molar-refractivity contribution < 1.29 is 14.1 Å². The number of carbonyl (C=O) groups is 1. The van der Waals surface area contributed by atoms with Gasteiger partial charge in [-0.05, 0) is 51.0 Å². The second-order valence-corrected chi connectivity index (χ2v) is 6.87. The Bertz CT molecular complexity index is 766. The lowest BCUT2D eigenvalue weighted by molar-refractivity contribution is -0.698. The van der Waals surface area contributed by atoms with Gasteiger partial charge in [-0.15, -0.1) is 0 Å². The number of allylic oxidation sites excluding steroid dienone is 1. The first-order valence-electron chi connectivity index (χ1n) is 8.45. The highest BCUT2D eigenvalue weighted by Crippen LogP contribution is 2.23. The van der Waals surface area contributed by atoms with E-state index in [1.807, 2.05) is 81.1 Å². The fourth-order valence-corrected chi connectivity index (χ4v) is 2.57. The fraction of sp³-hybridized carbons (Fsp3) is 0.333. The Balaban J connectivity index is 1.92. The molecule has 0 atom stereocenters. The standard InChI is InChI=1S/C21H26N2O2/c1-16(2)18-9-6-10-19(14-18)21(4,5)22-20(24)25-13-12-23-11-7-8-17(3)15-23/h6-11,14-15H,1,12-13H2,2-5H3/p+1. The van der Waals surface area contributed by atoms with Crippen molar-refractivity contribution in [2.24, 2.45) is 0 Å². The summed E-state index contributed by atoms with van der Waals surface area (Å²) in [5.41, 5.74) is 3.72. The zero-order valence-corrected chi connectivity index (χ0v) is 15.5. The number of nitrogens with zero attached hydrogens (tertiary/aromatic N) is 1. The van der Waals surface area contributed by atoms with Crippen molar-refractivity contribution in [2.75, 3.05) is 6.61 Å². The van der Waals surface area contributed by atoms with E-state index in [4.69, 9.17) is 4.74 Å². The van der Waals surface area contributed by atoms with E-state index >= 15 is 0 Å². The van der Waals surface area contributed by atoms with Crippen molar-refractivity contribution in [3.63, 3.8) is 0 Å². The van der Waals surface area contributed by atoms with Gasteiger partial charge in [0.1, 0.15) is 0 Å². The molecule has 4 nitrogen and oxygen atoms in total. The van der Waals surface area contributed by atoms with Crippen molar-refractivity contribution in [1.82, 2.24) is 5.32 Å². The number of hydrogen-bond acceptors (Lipinski definition) is 2. The molecule has 1 amide bonds. The highest BCUT2D eigenvalue weighted by Gasteiger charge is 2.24. The lowest BCUT2D eigenvalue weighted by atomic mass is 9.92. The zero-order valence-electron chi connectivity index (χ0n) is 15.5. The van der Waals surface area contributed by atoms with E-state index in [2.05, 4.69) is 11.9 Å². The van der Waals surface area contributed by atoms with Crippen LogP contribution in [0.25, 0.3) is 5.57 Å². The molecule has 0 unspecified atom stereocenters. The first-order chi connectivity index (χ1) is 11.8.